The smallest absolute Gasteiger partial charge is 0.175 e. The zero-order valence-corrected chi connectivity index (χ0v) is 14.8. The van der Waals surface area contributed by atoms with Crippen LogP contribution in [0.15, 0.2) is 30.3 Å². The van der Waals surface area contributed by atoms with E-state index in [0.29, 0.717) is 12.2 Å². The third-order valence-corrected chi connectivity index (χ3v) is 4.65. The number of aryl methyl sites for hydroxylation is 1. The minimum Gasteiger partial charge on any atom is -0.507 e. The molecule has 0 fully saturated rings. The highest BCUT2D eigenvalue weighted by Gasteiger charge is 2.28. The second-order valence-electron chi connectivity index (χ2n) is 7.10. The molecular formula is C21H19FO4. The lowest BCUT2D eigenvalue weighted by Gasteiger charge is -2.31. The van der Waals surface area contributed by atoms with Gasteiger partial charge in [0.2, 0.25) is 0 Å². The van der Waals surface area contributed by atoms with Gasteiger partial charge in [0.25, 0.3) is 0 Å². The number of aromatic hydroxyl groups is 1. The van der Waals surface area contributed by atoms with Crippen molar-refractivity contribution in [3.05, 3.63) is 52.6 Å². The van der Waals surface area contributed by atoms with E-state index >= 15 is 0 Å². The first-order chi connectivity index (χ1) is 12.4. The third-order valence-electron chi connectivity index (χ3n) is 4.65. The van der Waals surface area contributed by atoms with Crippen LogP contribution in [0, 0.1) is 6.92 Å². The molecule has 0 spiro atoms. The van der Waals surface area contributed by atoms with Crippen molar-refractivity contribution in [3.8, 4) is 23.0 Å². The van der Waals surface area contributed by atoms with Crippen molar-refractivity contribution in [1.82, 2.24) is 0 Å². The Balaban J connectivity index is 1.80. The number of hydrogen-bond donors (Lipinski definition) is 1. The van der Waals surface area contributed by atoms with Gasteiger partial charge < -0.3 is 14.6 Å². The van der Waals surface area contributed by atoms with E-state index in [4.69, 9.17) is 9.47 Å². The lowest BCUT2D eigenvalue weighted by atomic mass is 9.92. The molecule has 0 unspecified atom stereocenters. The van der Waals surface area contributed by atoms with Crippen molar-refractivity contribution >= 4 is 17.7 Å². The first-order valence-corrected chi connectivity index (χ1v) is 8.39. The molecule has 2 aromatic rings. The molecule has 0 aromatic heterocycles. The van der Waals surface area contributed by atoms with E-state index in [2.05, 4.69) is 4.94 Å². The van der Waals surface area contributed by atoms with Crippen molar-refractivity contribution in [2.75, 3.05) is 6.61 Å². The molecule has 1 N–H and O–H groups in total. The Morgan fingerprint density at radius 1 is 1.19 bits per heavy atom. The average molecular weight is 354 g/mol. The fourth-order valence-electron chi connectivity index (χ4n) is 3.32. The van der Waals surface area contributed by atoms with Crippen molar-refractivity contribution in [2.45, 2.75) is 26.4 Å². The molecule has 0 aliphatic carbocycles. The van der Waals surface area contributed by atoms with E-state index in [0.717, 1.165) is 33.8 Å². The minimum atomic E-state index is -0.352. The van der Waals surface area contributed by atoms with Crippen LogP contribution in [0.2, 0.25) is 0 Å². The van der Waals surface area contributed by atoms with Crippen LogP contribution in [-0.4, -0.2) is 17.3 Å². The van der Waals surface area contributed by atoms with Gasteiger partial charge in [-0.15, -0.1) is 0 Å². The van der Waals surface area contributed by atoms with Crippen LogP contribution in [0.25, 0.3) is 17.7 Å². The number of benzene rings is 2. The standard InChI is InChI=1S/C21H19FO4/c1-12-8-19-16(6-7-21(2,3)25-19)20-17(12)9-13(11-24-20)15-5-4-14(26-22)10-18(15)23/h4-10,23H,11H2,1-3H3. The second-order valence-corrected chi connectivity index (χ2v) is 7.10. The molecule has 0 atom stereocenters. The van der Waals surface area contributed by atoms with Crippen molar-refractivity contribution in [3.63, 3.8) is 0 Å². The first-order valence-electron chi connectivity index (χ1n) is 8.39. The topological polar surface area (TPSA) is 47.9 Å². The van der Waals surface area contributed by atoms with Crippen LogP contribution in [0.3, 0.4) is 0 Å². The van der Waals surface area contributed by atoms with Gasteiger partial charge in [-0.2, -0.15) is 0 Å². The van der Waals surface area contributed by atoms with Crippen LogP contribution >= 0.6 is 0 Å². The molecule has 0 amide bonds. The minimum absolute atomic E-state index is 0.0425. The van der Waals surface area contributed by atoms with E-state index in [1.807, 2.05) is 45.1 Å². The lowest BCUT2D eigenvalue weighted by Crippen LogP contribution is -2.28. The van der Waals surface area contributed by atoms with Crippen LogP contribution in [0.1, 0.15) is 36.1 Å². The first kappa shape index (κ1) is 16.5. The molecule has 2 heterocycles. The maximum absolute atomic E-state index is 12.3. The van der Waals surface area contributed by atoms with Gasteiger partial charge in [-0.1, -0.05) is 0 Å². The normalized spacial score (nSPS) is 16.7. The summed E-state index contributed by atoms with van der Waals surface area (Å²) in [6, 6.07) is 6.32. The van der Waals surface area contributed by atoms with Crippen LogP contribution in [-0.2, 0) is 0 Å². The molecule has 2 aliphatic heterocycles. The Morgan fingerprint density at radius 2 is 2.00 bits per heavy atom. The number of fused-ring (bicyclic) bond motifs is 3. The summed E-state index contributed by atoms with van der Waals surface area (Å²) in [5, 5.41) is 10.2. The summed E-state index contributed by atoms with van der Waals surface area (Å²) in [4.78, 5) is 3.66. The summed E-state index contributed by atoms with van der Waals surface area (Å²) >= 11 is 0. The summed E-state index contributed by atoms with van der Waals surface area (Å²) < 4.78 is 24.4. The van der Waals surface area contributed by atoms with Crippen LogP contribution < -0.4 is 14.4 Å². The highest BCUT2D eigenvalue weighted by Crippen LogP contribution is 2.45. The van der Waals surface area contributed by atoms with E-state index in [9.17, 15) is 9.63 Å². The van der Waals surface area contributed by atoms with E-state index < -0.39 is 0 Å². The second kappa shape index (κ2) is 5.80. The van der Waals surface area contributed by atoms with Gasteiger partial charge in [0, 0.05) is 27.3 Å². The molecule has 5 heteroatoms. The molecule has 2 aliphatic rings. The van der Waals surface area contributed by atoms with Gasteiger partial charge in [0.05, 0.1) is 5.56 Å². The van der Waals surface area contributed by atoms with Gasteiger partial charge in [-0.05, 0) is 62.8 Å². The number of ether oxygens (including phenoxy) is 2. The number of hydrogen-bond acceptors (Lipinski definition) is 4. The van der Waals surface area contributed by atoms with Gasteiger partial charge >= 0.3 is 0 Å². The van der Waals surface area contributed by atoms with E-state index in [1.165, 1.54) is 12.1 Å². The van der Waals surface area contributed by atoms with Crippen LogP contribution in [0.5, 0.6) is 23.0 Å². The Morgan fingerprint density at radius 3 is 2.73 bits per heavy atom. The fraction of sp³-hybridized carbons (Fsp3) is 0.238. The summed E-state index contributed by atoms with van der Waals surface area (Å²) in [7, 11) is 0. The van der Waals surface area contributed by atoms with Gasteiger partial charge in [-0.25, -0.2) is 0 Å². The number of phenolic OH excluding ortho intramolecular Hbond substituents is 1. The maximum Gasteiger partial charge on any atom is 0.175 e. The Labute approximate surface area is 151 Å². The number of phenols is 1. The molecule has 134 valence electrons. The van der Waals surface area contributed by atoms with Gasteiger partial charge in [0.15, 0.2) is 5.75 Å². The van der Waals surface area contributed by atoms with Crippen molar-refractivity contribution in [2.24, 2.45) is 0 Å². The molecule has 0 saturated heterocycles. The predicted octanol–water partition coefficient (Wildman–Crippen LogP) is 5.08. The Kier molecular flexibility index (Phi) is 3.68. The Bertz CT molecular complexity index is 957. The lowest BCUT2D eigenvalue weighted by molar-refractivity contribution is -0.00642. The van der Waals surface area contributed by atoms with E-state index in [-0.39, 0.29) is 17.1 Å². The van der Waals surface area contributed by atoms with Crippen molar-refractivity contribution in [1.29, 1.82) is 0 Å². The predicted molar refractivity (Wildman–Crippen MR) is 98.1 cm³/mol. The molecule has 0 radical (unpaired) electrons. The molecule has 2 aromatic carbocycles. The zero-order valence-electron chi connectivity index (χ0n) is 14.8. The molecule has 4 nitrogen and oxygen atoms in total. The Hall–Kier alpha value is -2.95. The number of rotatable bonds is 2. The zero-order chi connectivity index (χ0) is 18.5. The highest BCUT2D eigenvalue weighted by atomic mass is 19.3. The highest BCUT2D eigenvalue weighted by molar-refractivity contribution is 5.90. The van der Waals surface area contributed by atoms with E-state index in [1.54, 1.807) is 6.07 Å². The summed E-state index contributed by atoms with van der Waals surface area (Å²) in [6.07, 6.45) is 6.03. The number of halogens is 1. The monoisotopic (exact) mass is 354 g/mol. The summed E-state index contributed by atoms with van der Waals surface area (Å²) in [6.45, 7) is 6.31. The molecule has 26 heavy (non-hydrogen) atoms. The SMILES string of the molecule is Cc1cc2c(c3c1C=C(c1ccc(OF)cc1O)CO3)C=CC(C)(C)O2. The molecule has 4 rings (SSSR count). The molecule has 0 bridgehead atoms. The molecule has 0 saturated carbocycles. The molecular weight excluding hydrogens is 335 g/mol. The van der Waals surface area contributed by atoms with Gasteiger partial charge in [-0.3, -0.25) is 4.94 Å². The van der Waals surface area contributed by atoms with Gasteiger partial charge in [0.1, 0.15) is 29.5 Å². The quantitative estimate of drug-likeness (QED) is 0.817. The van der Waals surface area contributed by atoms with Crippen LogP contribution in [0.4, 0.5) is 4.53 Å². The average Bonchev–Trinajstić information content (AvgIpc) is 2.60. The summed E-state index contributed by atoms with van der Waals surface area (Å²) in [5.41, 5.74) is 3.93. The van der Waals surface area contributed by atoms with Crippen molar-refractivity contribution < 1.29 is 24.0 Å². The largest absolute Gasteiger partial charge is 0.507 e. The summed E-state index contributed by atoms with van der Waals surface area (Å²) in [5.74, 6) is 1.48. The fourth-order valence-corrected chi connectivity index (χ4v) is 3.32. The maximum atomic E-state index is 12.3. The third kappa shape index (κ3) is 2.69.